The first-order valence-corrected chi connectivity index (χ1v) is 7.57. The van der Waals surface area contributed by atoms with Crippen LogP contribution in [0, 0.1) is 0 Å². The van der Waals surface area contributed by atoms with Gasteiger partial charge in [0.1, 0.15) is 0 Å². The van der Waals surface area contributed by atoms with E-state index in [1.54, 1.807) is 0 Å². The molecule has 1 aliphatic rings. The smallest absolute Gasteiger partial charge is 0.255 e. The number of rotatable bonds is 5. The summed E-state index contributed by atoms with van der Waals surface area (Å²) in [6, 6.07) is 13.6. The molecule has 0 saturated heterocycles. The van der Waals surface area contributed by atoms with Crippen molar-refractivity contribution in [2.45, 2.75) is 26.7 Å². The number of nitrogens with one attached hydrogen (secondary N) is 2. The Balaban J connectivity index is 0.00000192. The molecule has 0 fully saturated rings. The van der Waals surface area contributed by atoms with Crippen molar-refractivity contribution in [2.24, 2.45) is 0 Å². The minimum Gasteiger partial charge on any atom is -0.372 e. The van der Waals surface area contributed by atoms with E-state index in [2.05, 4.69) is 17.6 Å². The van der Waals surface area contributed by atoms with Crippen LogP contribution in [0.3, 0.4) is 0 Å². The van der Waals surface area contributed by atoms with Gasteiger partial charge in [-0.3, -0.25) is 4.79 Å². The molecule has 2 aromatic carbocycles. The van der Waals surface area contributed by atoms with Crippen molar-refractivity contribution in [3.8, 4) is 0 Å². The average molecular weight is 333 g/mol. The zero-order chi connectivity index (χ0) is 15.4. The topological polar surface area (TPSA) is 50.4 Å². The highest BCUT2D eigenvalue weighted by atomic mass is 35.5. The lowest BCUT2D eigenvalue weighted by molar-refractivity contribution is 0.102. The molecule has 5 heteroatoms. The molecule has 0 spiro atoms. The molecular formula is C18H21ClN2O2. The minimum atomic E-state index is -0.0846. The van der Waals surface area contributed by atoms with Gasteiger partial charge in [0.05, 0.1) is 13.2 Å². The van der Waals surface area contributed by atoms with Gasteiger partial charge < -0.3 is 15.4 Å². The second kappa shape index (κ2) is 8.11. The van der Waals surface area contributed by atoms with E-state index in [-0.39, 0.29) is 18.3 Å². The molecule has 0 unspecified atom stereocenters. The zero-order valence-corrected chi connectivity index (χ0v) is 13.9. The highest BCUT2D eigenvalue weighted by molar-refractivity contribution is 6.04. The fourth-order valence-electron chi connectivity index (χ4n) is 2.56. The maximum atomic E-state index is 12.5. The van der Waals surface area contributed by atoms with Crippen molar-refractivity contribution in [1.82, 2.24) is 5.32 Å². The average Bonchev–Trinajstić information content (AvgIpc) is 3.01. The normalized spacial score (nSPS) is 12.4. The van der Waals surface area contributed by atoms with E-state index in [1.165, 1.54) is 5.56 Å². The molecule has 122 valence electrons. The van der Waals surface area contributed by atoms with Crippen molar-refractivity contribution >= 4 is 24.0 Å². The third kappa shape index (κ3) is 4.10. The van der Waals surface area contributed by atoms with Crippen molar-refractivity contribution < 1.29 is 9.53 Å². The van der Waals surface area contributed by atoms with Crippen LogP contribution in [0.2, 0.25) is 0 Å². The van der Waals surface area contributed by atoms with Crippen molar-refractivity contribution in [3.05, 3.63) is 64.7 Å². The summed E-state index contributed by atoms with van der Waals surface area (Å²) in [5.41, 5.74) is 4.88. The molecule has 23 heavy (non-hydrogen) atoms. The second-order valence-corrected chi connectivity index (χ2v) is 5.37. The number of hydrogen-bond donors (Lipinski definition) is 2. The van der Waals surface area contributed by atoms with E-state index in [0.717, 1.165) is 29.9 Å². The molecule has 2 aromatic rings. The minimum absolute atomic E-state index is 0. The lowest BCUT2D eigenvalue weighted by atomic mass is 10.1. The number of amides is 1. The molecule has 3 rings (SSSR count). The predicted molar refractivity (Wildman–Crippen MR) is 94.0 cm³/mol. The Hall–Kier alpha value is -1.88. The van der Waals surface area contributed by atoms with Crippen LogP contribution in [0.1, 0.15) is 34.0 Å². The maximum Gasteiger partial charge on any atom is 0.255 e. The summed E-state index contributed by atoms with van der Waals surface area (Å²) < 4.78 is 5.39. The molecule has 1 heterocycles. The molecule has 0 radical (unpaired) electrons. The van der Waals surface area contributed by atoms with Crippen LogP contribution in [0.4, 0.5) is 5.69 Å². The Morgan fingerprint density at radius 3 is 2.74 bits per heavy atom. The van der Waals surface area contributed by atoms with Crippen molar-refractivity contribution in [3.63, 3.8) is 0 Å². The van der Waals surface area contributed by atoms with E-state index >= 15 is 0 Å². The molecule has 0 atom stereocenters. The van der Waals surface area contributed by atoms with E-state index in [1.807, 2.05) is 42.5 Å². The van der Waals surface area contributed by atoms with Gasteiger partial charge in [-0.2, -0.15) is 0 Å². The van der Waals surface area contributed by atoms with Gasteiger partial charge in [0.15, 0.2) is 0 Å². The number of carbonyl (C=O) groups excluding carboxylic acids is 1. The van der Waals surface area contributed by atoms with Gasteiger partial charge in [0.2, 0.25) is 0 Å². The van der Waals surface area contributed by atoms with Crippen LogP contribution in [0.15, 0.2) is 42.5 Å². The number of benzene rings is 2. The van der Waals surface area contributed by atoms with Gasteiger partial charge in [-0.05, 0) is 41.4 Å². The van der Waals surface area contributed by atoms with Crippen LogP contribution >= 0.6 is 12.4 Å². The highest BCUT2D eigenvalue weighted by Crippen LogP contribution is 2.22. The number of fused-ring (bicyclic) bond motifs is 1. The van der Waals surface area contributed by atoms with Gasteiger partial charge in [0, 0.05) is 17.8 Å². The molecular weight excluding hydrogens is 312 g/mol. The lowest BCUT2D eigenvalue weighted by Gasteiger charge is -2.12. The van der Waals surface area contributed by atoms with Crippen LogP contribution in [-0.4, -0.2) is 12.5 Å². The molecule has 0 bridgehead atoms. The predicted octanol–water partition coefficient (Wildman–Crippen LogP) is 3.50. The van der Waals surface area contributed by atoms with Crippen LogP contribution in [0.25, 0.3) is 0 Å². The maximum absolute atomic E-state index is 12.5. The molecule has 4 nitrogen and oxygen atoms in total. The fourth-order valence-corrected chi connectivity index (χ4v) is 2.56. The van der Waals surface area contributed by atoms with Gasteiger partial charge in [-0.15, -0.1) is 12.4 Å². The number of para-hydroxylation sites is 1. The summed E-state index contributed by atoms with van der Waals surface area (Å²) in [5, 5.41) is 6.29. The van der Waals surface area contributed by atoms with E-state index in [9.17, 15) is 4.79 Å². The SMILES string of the molecule is CCNCc1ccccc1NC(=O)c1ccc2c(c1)COC2.Cl. The van der Waals surface area contributed by atoms with Crippen LogP contribution < -0.4 is 10.6 Å². The number of ether oxygens (including phenoxy) is 1. The van der Waals surface area contributed by atoms with Gasteiger partial charge in [-0.1, -0.05) is 31.2 Å². The summed E-state index contributed by atoms with van der Waals surface area (Å²) >= 11 is 0. The lowest BCUT2D eigenvalue weighted by Crippen LogP contribution is -2.17. The summed E-state index contributed by atoms with van der Waals surface area (Å²) in [6.07, 6.45) is 0. The Kier molecular flexibility index (Phi) is 6.16. The first-order chi connectivity index (χ1) is 10.8. The van der Waals surface area contributed by atoms with Crippen molar-refractivity contribution in [2.75, 3.05) is 11.9 Å². The molecule has 1 aliphatic heterocycles. The Morgan fingerprint density at radius 1 is 1.13 bits per heavy atom. The summed E-state index contributed by atoms with van der Waals surface area (Å²) in [6.45, 7) is 4.93. The second-order valence-electron chi connectivity index (χ2n) is 5.37. The van der Waals surface area contributed by atoms with Crippen molar-refractivity contribution in [1.29, 1.82) is 0 Å². The van der Waals surface area contributed by atoms with Gasteiger partial charge in [0.25, 0.3) is 5.91 Å². The third-order valence-corrected chi connectivity index (χ3v) is 3.81. The monoisotopic (exact) mass is 332 g/mol. The summed E-state index contributed by atoms with van der Waals surface area (Å²) in [7, 11) is 0. The Morgan fingerprint density at radius 2 is 1.91 bits per heavy atom. The van der Waals surface area contributed by atoms with Gasteiger partial charge >= 0.3 is 0 Å². The zero-order valence-electron chi connectivity index (χ0n) is 13.1. The van der Waals surface area contributed by atoms with Crippen LogP contribution in [0.5, 0.6) is 0 Å². The van der Waals surface area contributed by atoms with Crippen LogP contribution in [-0.2, 0) is 24.5 Å². The summed E-state index contributed by atoms with van der Waals surface area (Å²) in [5.74, 6) is -0.0846. The highest BCUT2D eigenvalue weighted by Gasteiger charge is 2.15. The Labute approximate surface area is 142 Å². The van der Waals surface area contributed by atoms with E-state index in [4.69, 9.17) is 4.74 Å². The number of halogens is 1. The first-order valence-electron chi connectivity index (χ1n) is 7.57. The molecule has 0 aliphatic carbocycles. The van der Waals surface area contributed by atoms with Gasteiger partial charge in [-0.25, -0.2) is 0 Å². The Bertz CT molecular complexity index is 688. The number of hydrogen-bond acceptors (Lipinski definition) is 3. The quantitative estimate of drug-likeness (QED) is 0.881. The molecule has 0 aromatic heterocycles. The molecule has 0 saturated carbocycles. The van der Waals surface area contributed by atoms with E-state index < -0.39 is 0 Å². The summed E-state index contributed by atoms with van der Waals surface area (Å²) in [4.78, 5) is 12.5. The molecule has 2 N–H and O–H groups in total. The number of carbonyl (C=O) groups is 1. The van der Waals surface area contributed by atoms with E-state index in [0.29, 0.717) is 18.8 Å². The third-order valence-electron chi connectivity index (χ3n) is 3.81. The molecule has 1 amide bonds. The number of anilines is 1. The first kappa shape index (κ1) is 17.5. The fraction of sp³-hybridized carbons (Fsp3) is 0.278. The standard InChI is InChI=1S/C18H20N2O2.ClH/c1-2-19-10-14-5-3-4-6-17(14)20-18(21)13-7-8-15-11-22-12-16(15)9-13;/h3-9,19H,2,10-12H2,1H3,(H,20,21);1H. The largest absolute Gasteiger partial charge is 0.372 e.